The molecule has 0 aliphatic carbocycles. The van der Waals surface area contributed by atoms with Gasteiger partial charge in [-0.15, -0.1) is 0 Å². The van der Waals surface area contributed by atoms with Crippen molar-refractivity contribution in [3.8, 4) is 0 Å². The van der Waals surface area contributed by atoms with Gasteiger partial charge < -0.3 is 4.74 Å². The average molecular weight is 183 g/mol. The van der Waals surface area contributed by atoms with Crippen LogP contribution in [0.3, 0.4) is 0 Å². The highest BCUT2D eigenvalue weighted by molar-refractivity contribution is 6.21. The molecule has 1 aliphatic heterocycles. The zero-order valence-corrected chi connectivity index (χ0v) is 7.71. The van der Waals surface area contributed by atoms with Gasteiger partial charge in [-0.3, -0.25) is 0 Å². The van der Waals surface area contributed by atoms with Gasteiger partial charge in [0.2, 0.25) is 0 Å². The van der Waals surface area contributed by atoms with Crippen LogP contribution in [0.25, 0.3) is 0 Å². The zero-order chi connectivity index (χ0) is 8.55. The lowest BCUT2D eigenvalue weighted by molar-refractivity contribution is 0.397. The standard InChI is InChI=1S/C10H11ClO/c1-7-4-2-3-5-8(7)6-9-10(11)12-9/h2-5,9-10H,6H2,1H3. The van der Waals surface area contributed by atoms with E-state index in [1.54, 1.807) is 0 Å². The lowest BCUT2D eigenvalue weighted by Gasteiger charge is -2.01. The van der Waals surface area contributed by atoms with E-state index in [9.17, 15) is 0 Å². The number of benzene rings is 1. The number of rotatable bonds is 2. The number of hydrogen-bond donors (Lipinski definition) is 0. The summed E-state index contributed by atoms with van der Waals surface area (Å²) in [5.41, 5.74) is 2.60. The molecule has 1 saturated heterocycles. The highest BCUT2D eigenvalue weighted by atomic mass is 35.5. The molecule has 2 atom stereocenters. The molecule has 1 nitrogen and oxygen atoms in total. The molecule has 1 heterocycles. The van der Waals surface area contributed by atoms with E-state index in [0.29, 0.717) is 0 Å². The van der Waals surface area contributed by atoms with Crippen molar-refractivity contribution in [3.05, 3.63) is 35.4 Å². The quantitative estimate of drug-likeness (QED) is 0.506. The minimum Gasteiger partial charge on any atom is -0.352 e. The average Bonchev–Trinajstić information content (AvgIpc) is 2.72. The first-order chi connectivity index (χ1) is 5.77. The molecule has 0 aromatic heterocycles. The maximum Gasteiger partial charge on any atom is 0.158 e. The number of epoxide rings is 1. The van der Waals surface area contributed by atoms with Gasteiger partial charge in [0.05, 0.1) is 0 Å². The Morgan fingerprint density at radius 3 is 2.67 bits per heavy atom. The molecule has 0 radical (unpaired) electrons. The Hall–Kier alpha value is -0.530. The molecule has 0 saturated carbocycles. The first-order valence-electron chi connectivity index (χ1n) is 4.11. The molecule has 12 heavy (non-hydrogen) atoms. The molecule has 1 aromatic rings. The topological polar surface area (TPSA) is 12.5 Å². The van der Waals surface area contributed by atoms with Crippen LogP contribution in [0.1, 0.15) is 11.1 Å². The van der Waals surface area contributed by atoms with Crippen LogP contribution in [0.5, 0.6) is 0 Å². The van der Waals surface area contributed by atoms with Crippen molar-refractivity contribution < 1.29 is 4.74 Å². The first kappa shape index (κ1) is 8.09. The molecular weight excluding hydrogens is 172 g/mol. The fourth-order valence-electron chi connectivity index (χ4n) is 1.32. The van der Waals surface area contributed by atoms with Gasteiger partial charge in [0.15, 0.2) is 5.56 Å². The van der Waals surface area contributed by atoms with Crippen molar-refractivity contribution in [2.75, 3.05) is 0 Å². The second-order valence-corrected chi connectivity index (χ2v) is 3.59. The molecule has 1 aliphatic rings. The summed E-state index contributed by atoms with van der Waals surface area (Å²) in [4.78, 5) is 0. The summed E-state index contributed by atoms with van der Waals surface area (Å²) in [6.45, 7) is 2.11. The lowest BCUT2D eigenvalue weighted by Crippen LogP contribution is -1.96. The number of halogens is 1. The van der Waals surface area contributed by atoms with Crippen LogP contribution in [0.4, 0.5) is 0 Å². The van der Waals surface area contributed by atoms with Crippen molar-refractivity contribution in [2.24, 2.45) is 0 Å². The minimum atomic E-state index is -0.0513. The van der Waals surface area contributed by atoms with Crippen LogP contribution in [0, 0.1) is 6.92 Å². The Labute approximate surface area is 77.3 Å². The van der Waals surface area contributed by atoms with Crippen molar-refractivity contribution in [1.82, 2.24) is 0 Å². The second kappa shape index (κ2) is 3.08. The van der Waals surface area contributed by atoms with Gasteiger partial charge in [-0.2, -0.15) is 0 Å². The highest BCUT2D eigenvalue weighted by Gasteiger charge is 2.36. The van der Waals surface area contributed by atoms with E-state index in [2.05, 4.69) is 19.1 Å². The third-order valence-corrected chi connectivity index (χ3v) is 2.59. The number of alkyl halides is 1. The third kappa shape index (κ3) is 1.62. The molecule has 1 aromatic carbocycles. The predicted octanol–water partition coefficient (Wildman–Crippen LogP) is 2.50. The summed E-state index contributed by atoms with van der Waals surface area (Å²) in [5.74, 6) is 0. The van der Waals surface area contributed by atoms with E-state index in [-0.39, 0.29) is 11.7 Å². The fourth-order valence-corrected chi connectivity index (χ4v) is 1.54. The normalized spacial score (nSPS) is 27.2. The summed E-state index contributed by atoms with van der Waals surface area (Å²) in [6, 6.07) is 8.33. The molecule has 1 fully saturated rings. The Morgan fingerprint density at radius 1 is 1.42 bits per heavy atom. The maximum atomic E-state index is 5.73. The fraction of sp³-hybridized carbons (Fsp3) is 0.400. The van der Waals surface area contributed by atoms with Crippen LogP contribution < -0.4 is 0 Å². The molecular formula is C10H11ClO. The molecule has 2 heteroatoms. The summed E-state index contributed by atoms with van der Waals surface area (Å²) in [7, 11) is 0. The van der Waals surface area contributed by atoms with Crippen LogP contribution in [-0.4, -0.2) is 11.7 Å². The number of aryl methyl sites for hydroxylation is 1. The van der Waals surface area contributed by atoms with Gasteiger partial charge in [-0.05, 0) is 18.1 Å². The third-order valence-electron chi connectivity index (χ3n) is 2.20. The van der Waals surface area contributed by atoms with Gasteiger partial charge >= 0.3 is 0 Å². The molecule has 0 spiro atoms. The second-order valence-electron chi connectivity index (χ2n) is 3.16. The van der Waals surface area contributed by atoms with Crippen molar-refractivity contribution in [2.45, 2.75) is 25.0 Å². The van der Waals surface area contributed by atoms with Crippen LogP contribution in [0.2, 0.25) is 0 Å². The van der Waals surface area contributed by atoms with Crippen molar-refractivity contribution >= 4 is 11.6 Å². The van der Waals surface area contributed by atoms with Gasteiger partial charge in [0.25, 0.3) is 0 Å². The molecule has 0 N–H and O–H groups in total. The Balaban J connectivity index is 2.08. The van der Waals surface area contributed by atoms with Crippen LogP contribution in [0.15, 0.2) is 24.3 Å². The number of ether oxygens (including phenoxy) is 1. The molecule has 2 unspecified atom stereocenters. The summed E-state index contributed by atoms with van der Waals surface area (Å²) >= 11 is 5.73. The summed E-state index contributed by atoms with van der Waals surface area (Å²) in [5, 5.41) is 0. The van der Waals surface area contributed by atoms with Gasteiger partial charge in [-0.1, -0.05) is 35.9 Å². The Bertz CT molecular complexity index is 285. The predicted molar refractivity (Wildman–Crippen MR) is 49.4 cm³/mol. The smallest absolute Gasteiger partial charge is 0.158 e. The number of hydrogen-bond acceptors (Lipinski definition) is 1. The zero-order valence-electron chi connectivity index (χ0n) is 6.96. The molecule has 2 rings (SSSR count). The van der Waals surface area contributed by atoms with E-state index in [1.807, 2.05) is 12.1 Å². The van der Waals surface area contributed by atoms with Gasteiger partial charge in [-0.25, -0.2) is 0 Å². The van der Waals surface area contributed by atoms with E-state index >= 15 is 0 Å². The molecule has 0 bridgehead atoms. The van der Waals surface area contributed by atoms with E-state index in [1.165, 1.54) is 11.1 Å². The van der Waals surface area contributed by atoms with E-state index in [0.717, 1.165) is 6.42 Å². The maximum absolute atomic E-state index is 5.73. The van der Waals surface area contributed by atoms with E-state index in [4.69, 9.17) is 16.3 Å². The molecule has 0 amide bonds. The van der Waals surface area contributed by atoms with Gasteiger partial charge in [0.1, 0.15) is 6.10 Å². The highest BCUT2D eigenvalue weighted by Crippen LogP contribution is 2.29. The van der Waals surface area contributed by atoms with Crippen LogP contribution >= 0.6 is 11.6 Å². The first-order valence-corrected chi connectivity index (χ1v) is 4.55. The Morgan fingerprint density at radius 2 is 2.08 bits per heavy atom. The minimum absolute atomic E-state index is 0.0513. The largest absolute Gasteiger partial charge is 0.352 e. The lowest BCUT2D eigenvalue weighted by atomic mass is 10.0. The monoisotopic (exact) mass is 182 g/mol. The summed E-state index contributed by atoms with van der Waals surface area (Å²) < 4.78 is 5.14. The van der Waals surface area contributed by atoms with Crippen molar-refractivity contribution in [1.29, 1.82) is 0 Å². The SMILES string of the molecule is Cc1ccccc1CC1OC1Cl. The molecule has 64 valence electrons. The summed E-state index contributed by atoms with van der Waals surface area (Å²) in [6.07, 6.45) is 1.19. The van der Waals surface area contributed by atoms with E-state index < -0.39 is 0 Å². The van der Waals surface area contributed by atoms with Crippen LogP contribution in [-0.2, 0) is 11.2 Å². The Kier molecular flexibility index (Phi) is 2.07. The van der Waals surface area contributed by atoms with Crippen molar-refractivity contribution in [3.63, 3.8) is 0 Å². The van der Waals surface area contributed by atoms with Gasteiger partial charge in [0, 0.05) is 6.42 Å².